The molecule has 1 aromatic heterocycles. The first-order valence-corrected chi connectivity index (χ1v) is 6.06. The number of aromatic nitrogens is 2. The van der Waals surface area contributed by atoms with E-state index in [1.807, 2.05) is 13.8 Å². The summed E-state index contributed by atoms with van der Waals surface area (Å²) in [7, 11) is 0. The Kier molecular flexibility index (Phi) is 3.11. The van der Waals surface area contributed by atoms with Gasteiger partial charge >= 0.3 is 5.97 Å². The number of nitrogens with one attached hydrogen (secondary N) is 1. The summed E-state index contributed by atoms with van der Waals surface area (Å²) in [6.45, 7) is 3.92. The molecular formula is C12H17N3O3. The number of carbonyl (C=O) groups excluding carboxylic acids is 1. The van der Waals surface area contributed by atoms with Crippen molar-refractivity contribution in [3.63, 3.8) is 0 Å². The van der Waals surface area contributed by atoms with Gasteiger partial charge in [0.15, 0.2) is 0 Å². The highest BCUT2D eigenvalue weighted by molar-refractivity contribution is 5.96. The number of nitrogens with zero attached hydrogens (tertiary/aromatic N) is 2. The lowest BCUT2D eigenvalue weighted by Gasteiger charge is -2.37. The van der Waals surface area contributed by atoms with E-state index in [1.54, 1.807) is 16.9 Å². The van der Waals surface area contributed by atoms with Gasteiger partial charge in [-0.15, -0.1) is 0 Å². The Hall–Kier alpha value is -1.85. The predicted octanol–water partition coefficient (Wildman–Crippen LogP) is 1.20. The minimum atomic E-state index is -1.08. The number of rotatable bonds is 4. The van der Waals surface area contributed by atoms with E-state index in [9.17, 15) is 9.59 Å². The molecule has 6 nitrogen and oxygen atoms in total. The van der Waals surface area contributed by atoms with E-state index in [-0.39, 0.29) is 11.7 Å². The number of aliphatic carboxylic acids is 1. The Morgan fingerprint density at radius 2 is 2.17 bits per heavy atom. The second-order valence-electron chi connectivity index (χ2n) is 4.97. The molecule has 1 saturated carbocycles. The summed E-state index contributed by atoms with van der Waals surface area (Å²) in [5.41, 5.74) is -0.824. The molecular weight excluding hydrogens is 234 g/mol. The molecule has 0 aromatic carbocycles. The Morgan fingerprint density at radius 1 is 1.50 bits per heavy atom. The van der Waals surface area contributed by atoms with Crippen LogP contribution in [-0.2, 0) is 4.79 Å². The summed E-state index contributed by atoms with van der Waals surface area (Å²) < 4.78 is 1.67. The summed E-state index contributed by atoms with van der Waals surface area (Å²) in [4.78, 5) is 23.1. The van der Waals surface area contributed by atoms with Gasteiger partial charge in [-0.1, -0.05) is 0 Å². The molecule has 18 heavy (non-hydrogen) atoms. The fraction of sp³-hybridized carbons (Fsp3) is 0.583. The molecule has 98 valence electrons. The quantitative estimate of drug-likeness (QED) is 0.842. The standard InChI is InChI=1S/C12H17N3O3/c1-8(2)15-7-4-9(14-15)10(16)13-12(11(17)18)5-3-6-12/h4,7-8H,3,5-6H2,1-2H3,(H,13,16)(H,17,18). The average molecular weight is 251 g/mol. The third-order valence-corrected chi connectivity index (χ3v) is 3.34. The molecule has 1 amide bonds. The zero-order valence-corrected chi connectivity index (χ0v) is 10.5. The van der Waals surface area contributed by atoms with E-state index >= 15 is 0 Å². The predicted molar refractivity (Wildman–Crippen MR) is 64.3 cm³/mol. The fourth-order valence-electron chi connectivity index (χ4n) is 1.95. The van der Waals surface area contributed by atoms with E-state index in [0.717, 1.165) is 6.42 Å². The molecule has 0 bridgehead atoms. The zero-order chi connectivity index (χ0) is 13.3. The van der Waals surface area contributed by atoms with Gasteiger partial charge < -0.3 is 10.4 Å². The highest BCUT2D eigenvalue weighted by Gasteiger charge is 2.46. The van der Waals surface area contributed by atoms with Crippen LogP contribution < -0.4 is 5.32 Å². The molecule has 0 radical (unpaired) electrons. The van der Waals surface area contributed by atoms with Crippen molar-refractivity contribution in [3.05, 3.63) is 18.0 Å². The first-order chi connectivity index (χ1) is 8.44. The van der Waals surface area contributed by atoms with Gasteiger partial charge in [-0.3, -0.25) is 9.48 Å². The molecule has 0 atom stereocenters. The number of amides is 1. The maximum atomic E-state index is 11.9. The third kappa shape index (κ3) is 2.10. The first-order valence-electron chi connectivity index (χ1n) is 6.06. The van der Waals surface area contributed by atoms with Crippen molar-refractivity contribution >= 4 is 11.9 Å². The van der Waals surface area contributed by atoms with E-state index in [4.69, 9.17) is 5.11 Å². The molecule has 1 fully saturated rings. The van der Waals surface area contributed by atoms with E-state index in [2.05, 4.69) is 10.4 Å². The maximum Gasteiger partial charge on any atom is 0.329 e. The van der Waals surface area contributed by atoms with Crippen molar-refractivity contribution in [2.45, 2.75) is 44.7 Å². The van der Waals surface area contributed by atoms with Crippen molar-refractivity contribution in [2.75, 3.05) is 0 Å². The molecule has 0 saturated heterocycles. The van der Waals surface area contributed by atoms with Crippen molar-refractivity contribution in [1.82, 2.24) is 15.1 Å². The average Bonchev–Trinajstić information content (AvgIpc) is 2.71. The monoisotopic (exact) mass is 251 g/mol. The van der Waals surface area contributed by atoms with Crippen molar-refractivity contribution in [3.8, 4) is 0 Å². The smallest absolute Gasteiger partial charge is 0.329 e. The van der Waals surface area contributed by atoms with Gasteiger partial charge in [-0.25, -0.2) is 4.79 Å². The second kappa shape index (κ2) is 4.44. The minimum Gasteiger partial charge on any atom is -0.480 e. The van der Waals surface area contributed by atoms with Crippen LogP contribution in [0.15, 0.2) is 12.3 Å². The van der Waals surface area contributed by atoms with Crippen LogP contribution in [0.1, 0.15) is 49.6 Å². The van der Waals surface area contributed by atoms with Gasteiger partial charge in [0.25, 0.3) is 5.91 Å². The van der Waals surface area contributed by atoms with Gasteiger partial charge in [0.1, 0.15) is 11.2 Å². The van der Waals surface area contributed by atoms with E-state index in [0.29, 0.717) is 12.8 Å². The molecule has 2 N–H and O–H groups in total. The van der Waals surface area contributed by atoms with Crippen LogP contribution in [0.25, 0.3) is 0 Å². The van der Waals surface area contributed by atoms with Gasteiger partial charge in [-0.2, -0.15) is 5.10 Å². The Balaban J connectivity index is 2.09. The van der Waals surface area contributed by atoms with Crippen molar-refractivity contribution < 1.29 is 14.7 Å². The molecule has 1 aliphatic carbocycles. The van der Waals surface area contributed by atoms with E-state index in [1.165, 1.54) is 0 Å². The highest BCUT2D eigenvalue weighted by atomic mass is 16.4. The summed E-state index contributed by atoms with van der Waals surface area (Å²) in [6, 6.07) is 1.77. The lowest BCUT2D eigenvalue weighted by molar-refractivity contribution is -0.148. The number of carboxylic acids is 1. The lowest BCUT2D eigenvalue weighted by Crippen LogP contribution is -2.59. The molecule has 0 aliphatic heterocycles. The summed E-state index contributed by atoms with van der Waals surface area (Å²) in [5.74, 6) is -1.39. The first kappa shape index (κ1) is 12.6. The van der Waals surface area contributed by atoms with Crippen LogP contribution >= 0.6 is 0 Å². The fourth-order valence-corrected chi connectivity index (χ4v) is 1.95. The summed E-state index contributed by atoms with van der Waals surface area (Å²) >= 11 is 0. The Bertz CT molecular complexity index is 475. The second-order valence-corrected chi connectivity index (χ2v) is 4.97. The maximum absolute atomic E-state index is 11.9. The molecule has 6 heteroatoms. The molecule has 2 rings (SSSR count). The topological polar surface area (TPSA) is 84.2 Å². The molecule has 1 aromatic rings. The molecule has 0 spiro atoms. The van der Waals surface area contributed by atoms with Crippen LogP contribution in [0.5, 0.6) is 0 Å². The van der Waals surface area contributed by atoms with E-state index < -0.39 is 17.4 Å². The van der Waals surface area contributed by atoms with Gasteiger partial charge in [-0.05, 0) is 39.2 Å². The largest absolute Gasteiger partial charge is 0.480 e. The lowest BCUT2D eigenvalue weighted by atomic mass is 9.76. The number of hydrogen-bond acceptors (Lipinski definition) is 3. The SMILES string of the molecule is CC(C)n1ccc(C(=O)NC2(C(=O)O)CCC2)n1. The van der Waals surface area contributed by atoms with Gasteiger partial charge in [0, 0.05) is 12.2 Å². The summed E-state index contributed by atoms with van der Waals surface area (Å²) in [6.07, 6.45) is 3.51. The van der Waals surface area contributed by atoms with Crippen LogP contribution in [-0.4, -0.2) is 32.3 Å². The van der Waals surface area contributed by atoms with Crippen LogP contribution in [0.3, 0.4) is 0 Å². The molecule has 1 heterocycles. The van der Waals surface area contributed by atoms with Gasteiger partial charge in [0.05, 0.1) is 0 Å². The third-order valence-electron chi connectivity index (χ3n) is 3.34. The number of hydrogen-bond donors (Lipinski definition) is 2. The minimum absolute atomic E-state index is 0.170. The van der Waals surface area contributed by atoms with Crippen LogP contribution in [0.2, 0.25) is 0 Å². The van der Waals surface area contributed by atoms with Crippen LogP contribution in [0, 0.1) is 0 Å². The van der Waals surface area contributed by atoms with Gasteiger partial charge in [0.2, 0.25) is 0 Å². The Morgan fingerprint density at radius 3 is 2.56 bits per heavy atom. The normalized spacial score (nSPS) is 17.3. The van der Waals surface area contributed by atoms with Crippen molar-refractivity contribution in [2.24, 2.45) is 0 Å². The molecule has 0 unspecified atom stereocenters. The molecule has 1 aliphatic rings. The Labute approximate surface area is 105 Å². The summed E-state index contributed by atoms with van der Waals surface area (Å²) in [5, 5.41) is 15.8. The van der Waals surface area contributed by atoms with Crippen molar-refractivity contribution in [1.29, 1.82) is 0 Å². The highest BCUT2D eigenvalue weighted by Crippen LogP contribution is 2.32. The number of carbonyl (C=O) groups is 2. The zero-order valence-electron chi connectivity index (χ0n) is 10.5. The van der Waals surface area contributed by atoms with Crippen LogP contribution in [0.4, 0.5) is 0 Å². The number of carboxylic acid groups (broad SMARTS) is 1.